The van der Waals surface area contributed by atoms with Crippen molar-refractivity contribution in [1.29, 1.82) is 0 Å². The van der Waals surface area contributed by atoms with Gasteiger partial charge in [-0.2, -0.15) is 0 Å². The molecule has 0 atom stereocenters. The summed E-state index contributed by atoms with van der Waals surface area (Å²) in [6.07, 6.45) is 0. The Morgan fingerprint density at radius 2 is 1.65 bits per heavy atom. The van der Waals surface area contributed by atoms with E-state index in [1.807, 2.05) is 19.0 Å². The van der Waals surface area contributed by atoms with Gasteiger partial charge < -0.3 is 14.9 Å². The van der Waals surface area contributed by atoms with E-state index in [-0.39, 0.29) is 35.0 Å². The average molecular weight is 269 g/mol. The fourth-order valence-corrected chi connectivity index (χ4v) is 1.11. The Morgan fingerprint density at radius 3 is 2.00 bits per heavy atom. The van der Waals surface area contributed by atoms with E-state index in [1.54, 1.807) is 24.3 Å². The number of benzene rings is 1. The van der Waals surface area contributed by atoms with Crippen LogP contribution in [0, 0.1) is 0 Å². The van der Waals surface area contributed by atoms with Crippen LogP contribution in [0.1, 0.15) is 0 Å². The zero-order chi connectivity index (χ0) is 11.5. The molecule has 0 unspecified atom stereocenters. The van der Waals surface area contributed by atoms with Gasteiger partial charge in [0, 0.05) is 19.8 Å². The van der Waals surface area contributed by atoms with Gasteiger partial charge >= 0.3 is 29.6 Å². The second kappa shape index (κ2) is 7.75. The predicted octanol–water partition coefficient (Wildman–Crippen LogP) is -2.52. The molecule has 0 aliphatic heterocycles. The fourth-order valence-electron chi connectivity index (χ4n) is 0.915. The molecule has 0 saturated carbocycles. The minimum absolute atomic E-state index is 0. The number of anilines is 1. The van der Waals surface area contributed by atoms with Crippen molar-refractivity contribution in [3.05, 3.63) is 24.3 Å². The van der Waals surface area contributed by atoms with Crippen LogP contribution in [0.5, 0.6) is 0 Å². The van der Waals surface area contributed by atoms with Gasteiger partial charge in [-0.25, -0.2) is 8.42 Å². The van der Waals surface area contributed by atoms with E-state index in [0.717, 1.165) is 5.69 Å². The van der Waals surface area contributed by atoms with Gasteiger partial charge in [-0.15, -0.1) is 5.11 Å². The van der Waals surface area contributed by atoms with Crippen LogP contribution in [-0.4, -0.2) is 32.5 Å². The molecule has 1 aromatic carbocycles. The first kappa shape index (κ1) is 18.8. The van der Waals surface area contributed by atoms with E-state index >= 15 is 0 Å². The van der Waals surface area contributed by atoms with Gasteiger partial charge in [0.05, 0.1) is 5.69 Å². The molecule has 9 heteroatoms. The molecular weight excluding hydrogens is 257 g/mol. The number of rotatable bonds is 3. The maximum atomic E-state index is 10.2. The summed E-state index contributed by atoms with van der Waals surface area (Å²) in [6.45, 7) is 0. The molecule has 1 rings (SSSR count). The van der Waals surface area contributed by atoms with Crippen LogP contribution in [-0.2, 0) is 10.3 Å². The molecule has 0 aliphatic rings. The van der Waals surface area contributed by atoms with E-state index in [2.05, 4.69) is 9.63 Å². The molecule has 2 N–H and O–H groups in total. The zero-order valence-electron chi connectivity index (χ0n) is 9.78. The van der Waals surface area contributed by atoms with Gasteiger partial charge in [0.15, 0.2) is 0 Å². The summed E-state index contributed by atoms with van der Waals surface area (Å²) < 4.78 is 33.1. The predicted molar refractivity (Wildman–Crippen MR) is 58.6 cm³/mol. The van der Waals surface area contributed by atoms with Crippen LogP contribution >= 0.6 is 0 Å². The first-order valence-electron chi connectivity index (χ1n) is 4.05. The molecule has 7 nitrogen and oxygen atoms in total. The van der Waals surface area contributed by atoms with Crippen molar-refractivity contribution in [3.8, 4) is 0 Å². The normalized spacial score (nSPS) is 10.5. The Bertz CT molecular complexity index is 458. The minimum Gasteiger partial charge on any atom is -0.728 e. The Hall–Kier alpha value is -0.510. The van der Waals surface area contributed by atoms with Gasteiger partial charge in [-0.05, 0) is 24.3 Å². The van der Waals surface area contributed by atoms with Crippen molar-refractivity contribution < 1.29 is 48.0 Å². The smallest absolute Gasteiger partial charge is 0.728 e. The standard InChI is InChI=1S/C8H11N3O3S.Na.H2O/c1-11(2)8-5-3-7(4-6-8)9-10-15(12,13)14;;/h3-6H,1-2H3,(H,12,13,14);;1H2/q;+1;/p-1/b10-9+;;. The van der Waals surface area contributed by atoms with Crippen molar-refractivity contribution in [2.24, 2.45) is 9.63 Å². The minimum atomic E-state index is -4.65. The van der Waals surface area contributed by atoms with E-state index in [1.165, 1.54) is 0 Å². The van der Waals surface area contributed by atoms with E-state index < -0.39 is 10.3 Å². The molecule has 17 heavy (non-hydrogen) atoms. The molecule has 0 radical (unpaired) electrons. The second-order valence-corrected chi connectivity index (χ2v) is 4.04. The third-order valence-electron chi connectivity index (χ3n) is 1.62. The van der Waals surface area contributed by atoms with E-state index in [9.17, 15) is 13.0 Å². The van der Waals surface area contributed by atoms with E-state index in [0.29, 0.717) is 5.69 Å². The van der Waals surface area contributed by atoms with Crippen LogP contribution < -0.4 is 34.5 Å². The van der Waals surface area contributed by atoms with E-state index in [4.69, 9.17) is 0 Å². The third kappa shape index (κ3) is 7.42. The molecule has 0 spiro atoms. The molecule has 1 aromatic rings. The average Bonchev–Trinajstić information content (AvgIpc) is 2.14. The summed E-state index contributed by atoms with van der Waals surface area (Å²) in [4.78, 5) is 1.88. The van der Waals surface area contributed by atoms with Gasteiger partial charge in [-0.1, -0.05) is 4.52 Å². The Kier molecular flexibility index (Phi) is 8.59. The van der Waals surface area contributed by atoms with Gasteiger partial charge in [0.25, 0.3) is 0 Å². The fraction of sp³-hybridized carbons (Fsp3) is 0.250. The van der Waals surface area contributed by atoms with Crippen molar-refractivity contribution in [2.75, 3.05) is 19.0 Å². The molecule has 90 valence electrons. The summed E-state index contributed by atoms with van der Waals surface area (Å²) in [5.41, 5.74) is 1.26. The van der Waals surface area contributed by atoms with Crippen LogP contribution in [0.3, 0.4) is 0 Å². The quantitative estimate of drug-likeness (QED) is 0.342. The van der Waals surface area contributed by atoms with Crippen molar-refractivity contribution in [2.45, 2.75) is 0 Å². The summed E-state index contributed by atoms with van der Waals surface area (Å²) in [5.74, 6) is 0. The molecule has 0 saturated heterocycles. The maximum absolute atomic E-state index is 10.2. The van der Waals surface area contributed by atoms with Crippen LogP contribution in [0.25, 0.3) is 0 Å². The molecule has 0 bridgehead atoms. The largest absolute Gasteiger partial charge is 1.00 e. The van der Waals surface area contributed by atoms with Crippen molar-refractivity contribution in [3.63, 3.8) is 0 Å². The summed E-state index contributed by atoms with van der Waals surface area (Å²) in [7, 11) is -0.904. The van der Waals surface area contributed by atoms with Crippen LogP contribution in [0.2, 0.25) is 0 Å². The zero-order valence-corrected chi connectivity index (χ0v) is 12.6. The van der Waals surface area contributed by atoms with Crippen molar-refractivity contribution in [1.82, 2.24) is 0 Å². The van der Waals surface area contributed by atoms with Gasteiger partial charge in [0.2, 0.25) is 10.3 Å². The summed E-state index contributed by atoms with van der Waals surface area (Å²) >= 11 is 0. The molecule has 0 amide bonds. The maximum Gasteiger partial charge on any atom is 1.00 e. The van der Waals surface area contributed by atoms with Crippen LogP contribution in [0.15, 0.2) is 33.9 Å². The van der Waals surface area contributed by atoms with Crippen LogP contribution in [0.4, 0.5) is 11.4 Å². The Labute approximate surface area is 122 Å². The number of hydrogen-bond donors (Lipinski definition) is 0. The number of nitrogens with zero attached hydrogens (tertiary/aromatic N) is 3. The second-order valence-electron chi connectivity index (χ2n) is 3.02. The first-order chi connectivity index (χ1) is 6.88. The Balaban J connectivity index is 0. The molecule has 0 aromatic heterocycles. The molecular formula is C8H12N3NaO4S. The summed E-state index contributed by atoms with van der Waals surface area (Å²) in [6, 6.07) is 6.63. The number of hydrogen-bond acceptors (Lipinski definition) is 5. The molecule has 0 fully saturated rings. The third-order valence-corrected chi connectivity index (χ3v) is 1.90. The Morgan fingerprint density at radius 1 is 1.18 bits per heavy atom. The molecule has 0 aliphatic carbocycles. The SMILES string of the molecule is CN(C)c1ccc(/N=N/S(=O)(=O)[O-])cc1.O.[Na+]. The first-order valence-corrected chi connectivity index (χ1v) is 5.41. The van der Waals surface area contributed by atoms with Gasteiger partial charge in [0.1, 0.15) is 0 Å². The topological polar surface area (TPSA) is 117 Å². The van der Waals surface area contributed by atoms with Gasteiger partial charge in [-0.3, -0.25) is 0 Å². The molecule has 0 heterocycles. The summed E-state index contributed by atoms with van der Waals surface area (Å²) in [5, 5.41) is 3.28. The monoisotopic (exact) mass is 269 g/mol. The van der Waals surface area contributed by atoms with Crippen molar-refractivity contribution >= 4 is 21.7 Å².